The molecule has 0 aromatic heterocycles. The van der Waals surface area contributed by atoms with Gasteiger partial charge in [-0.1, -0.05) is 19.1 Å². The van der Waals surface area contributed by atoms with Crippen LogP contribution in [0.1, 0.15) is 72.6 Å². The molecule has 3 unspecified atom stereocenters. The Hall–Kier alpha value is -1.80. The zero-order valence-electron chi connectivity index (χ0n) is 23.1. The van der Waals surface area contributed by atoms with Gasteiger partial charge in [-0.2, -0.15) is 0 Å². The van der Waals surface area contributed by atoms with E-state index in [9.17, 15) is 19.5 Å². The lowest BCUT2D eigenvalue weighted by Crippen LogP contribution is -2.60. The van der Waals surface area contributed by atoms with Crippen LogP contribution in [0.15, 0.2) is 25.3 Å². The number of ether oxygens (including phenoxy) is 1. The van der Waals surface area contributed by atoms with Crippen molar-refractivity contribution < 1.29 is 24.2 Å². The molecule has 3 aliphatic heterocycles. The van der Waals surface area contributed by atoms with E-state index >= 15 is 0 Å². The van der Waals surface area contributed by atoms with E-state index < -0.39 is 28.2 Å². The maximum atomic E-state index is 14.4. The molecule has 0 saturated carbocycles. The number of aliphatic hydroxyl groups is 1. The molecule has 0 aliphatic carbocycles. The molecule has 6 atom stereocenters. The lowest BCUT2D eigenvalue weighted by Gasteiger charge is -2.44. The molecule has 0 radical (unpaired) electrons. The van der Waals surface area contributed by atoms with Gasteiger partial charge < -0.3 is 19.6 Å². The average molecular weight is 535 g/mol. The van der Waals surface area contributed by atoms with E-state index in [0.717, 1.165) is 32.1 Å². The number of carbonyl (C=O) groups excluding carboxylic acids is 3. The molecular weight excluding hydrogens is 488 g/mol. The van der Waals surface area contributed by atoms with Crippen LogP contribution in [-0.4, -0.2) is 80.6 Å². The van der Waals surface area contributed by atoms with Gasteiger partial charge in [0, 0.05) is 30.5 Å². The SMILES string of the molecule is C=CCCCCOC(=O)[C@@H]1[C@H]2C(=O)N(CCCCCO)C(C(=O)N(CC=C)C(C)(C)C)C23S[C@@H]1CC3C. The smallest absolute Gasteiger partial charge is 0.310 e. The van der Waals surface area contributed by atoms with Gasteiger partial charge in [0.05, 0.1) is 23.2 Å². The molecule has 0 aromatic carbocycles. The molecule has 2 amide bonds. The summed E-state index contributed by atoms with van der Waals surface area (Å²) in [6, 6.07) is -0.631. The second kappa shape index (κ2) is 12.4. The second-order valence-electron chi connectivity index (χ2n) is 11.7. The number of carbonyl (C=O) groups is 3. The van der Waals surface area contributed by atoms with Crippen molar-refractivity contribution in [1.82, 2.24) is 9.80 Å². The number of fused-ring (bicyclic) bond motifs is 1. The van der Waals surface area contributed by atoms with E-state index in [-0.39, 0.29) is 35.6 Å². The van der Waals surface area contributed by atoms with Crippen molar-refractivity contribution in [3.05, 3.63) is 25.3 Å². The summed E-state index contributed by atoms with van der Waals surface area (Å²) >= 11 is 1.69. The quantitative estimate of drug-likeness (QED) is 0.204. The van der Waals surface area contributed by atoms with E-state index in [1.165, 1.54) is 0 Å². The minimum absolute atomic E-state index is 0.0149. The van der Waals surface area contributed by atoms with Crippen LogP contribution in [0.2, 0.25) is 0 Å². The Balaban J connectivity index is 1.94. The minimum atomic E-state index is -0.646. The van der Waals surface area contributed by atoms with Crippen LogP contribution in [-0.2, 0) is 19.1 Å². The van der Waals surface area contributed by atoms with Crippen molar-refractivity contribution in [2.24, 2.45) is 17.8 Å². The van der Waals surface area contributed by atoms with Crippen LogP contribution >= 0.6 is 11.8 Å². The van der Waals surface area contributed by atoms with Crippen LogP contribution in [0.25, 0.3) is 0 Å². The van der Waals surface area contributed by atoms with Gasteiger partial charge in [0.15, 0.2) is 0 Å². The van der Waals surface area contributed by atoms with Crippen molar-refractivity contribution >= 4 is 29.5 Å². The Morgan fingerprint density at radius 2 is 1.92 bits per heavy atom. The van der Waals surface area contributed by atoms with E-state index in [0.29, 0.717) is 32.5 Å². The predicted octanol–water partition coefficient (Wildman–Crippen LogP) is 4.20. The molecule has 7 nitrogen and oxygen atoms in total. The third-order valence-corrected chi connectivity index (χ3v) is 10.3. The molecule has 3 heterocycles. The fourth-order valence-electron chi connectivity index (χ4n) is 6.51. The van der Waals surface area contributed by atoms with Crippen LogP contribution < -0.4 is 0 Å². The number of hydrogen-bond acceptors (Lipinski definition) is 6. The summed E-state index contributed by atoms with van der Waals surface area (Å²) in [6.45, 7) is 17.0. The highest BCUT2D eigenvalue weighted by molar-refractivity contribution is 8.02. The molecule has 3 aliphatic rings. The lowest BCUT2D eigenvalue weighted by molar-refractivity contribution is -0.154. The van der Waals surface area contributed by atoms with Gasteiger partial charge in [-0.3, -0.25) is 14.4 Å². The van der Waals surface area contributed by atoms with Crippen molar-refractivity contribution in [2.45, 2.75) is 94.2 Å². The highest BCUT2D eigenvalue weighted by Crippen LogP contribution is 2.68. The highest BCUT2D eigenvalue weighted by Gasteiger charge is 2.76. The van der Waals surface area contributed by atoms with Gasteiger partial charge in [0.25, 0.3) is 0 Å². The van der Waals surface area contributed by atoms with Crippen LogP contribution in [0, 0.1) is 17.8 Å². The van der Waals surface area contributed by atoms with Crippen molar-refractivity contribution in [3.8, 4) is 0 Å². The summed E-state index contributed by atoms with van der Waals surface area (Å²) in [7, 11) is 0. The van der Waals surface area contributed by atoms with Gasteiger partial charge >= 0.3 is 5.97 Å². The number of esters is 1. The number of aliphatic hydroxyl groups excluding tert-OH is 1. The Kier molecular flexibility index (Phi) is 9.95. The monoisotopic (exact) mass is 534 g/mol. The molecule has 1 N–H and O–H groups in total. The summed E-state index contributed by atoms with van der Waals surface area (Å²) in [5, 5.41) is 9.21. The first kappa shape index (κ1) is 29.8. The standard InChI is InChI=1S/C29H46N2O5S/c1-7-9-10-14-18-36-27(35)22-21-19-20(3)29(37-21)23(22)25(33)30(16-12-11-13-17-32)24(29)26(34)31(15-8-2)28(4,5)6/h7-8,20-24,32H,1-2,9-19H2,3-6H3/t20?,21-,22+,23+,24?,29?/m1/s1. The maximum absolute atomic E-state index is 14.4. The first-order valence-electron chi connectivity index (χ1n) is 13.8. The number of hydrogen-bond donors (Lipinski definition) is 1. The molecule has 8 heteroatoms. The Bertz CT molecular complexity index is 871. The zero-order chi connectivity index (χ0) is 27.4. The van der Waals surface area contributed by atoms with Crippen molar-refractivity contribution in [1.29, 1.82) is 0 Å². The molecule has 0 aromatic rings. The summed E-state index contributed by atoms with van der Waals surface area (Å²) < 4.78 is 5.06. The fraction of sp³-hybridized carbons (Fsp3) is 0.759. The average Bonchev–Trinajstić information content (AvgIpc) is 3.42. The van der Waals surface area contributed by atoms with Gasteiger partial charge in [-0.25, -0.2) is 0 Å². The number of thioether (sulfide) groups is 1. The number of allylic oxidation sites excluding steroid dienone is 1. The zero-order valence-corrected chi connectivity index (χ0v) is 23.9. The summed E-state index contributed by atoms with van der Waals surface area (Å²) in [4.78, 5) is 45.4. The Morgan fingerprint density at radius 3 is 2.54 bits per heavy atom. The van der Waals surface area contributed by atoms with Gasteiger partial charge in [-0.05, 0) is 71.6 Å². The van der Waals surface area contributed by atoms with Crippen molar-refractivity contribution in [3.63, 3.8) is 0 Å². The molecule has 3 saturated heterocycles. The molecule has 3 fully saturated rings. The minimum Gasteiger partial charge on any atom is -0.465 e. The van der Waals surface area contributed by atoms with Crippen LogP contribution in [0.4, 0.5) is 0 Å². The largest absolute Gasteiger partial charge is 0.465 e. The molecular formula is C29H46N2O5S. The third kappa shape index (κ3) is 5.65. The van der Waals surface area contributed by atoms with Gasteiger partial charge in [-0.15, -0.1) is 24.9 Å². The predicted molar refractivity (Wildman–Crippen MR) is 148 cm³/mol. The summed E-state index contributed by atoms with van der Waals surface area (Å²) in [5.74, 6) is -1.41. The molecule has 3 rings (SSSR count). The summed E-state index contributed by atoms with van der Waals surface area (Å²) in [6.07, 6.45) is 9.08. The first-order valence-corrected chi connectivity index (χ1v) is 14.7. The lowest BCUT2D eigenvalue weighted by atomic mass is 9.66. The first-order chi connectivity index (χ1) is 17.6. The van der Waals surface area contributed by atoms with E-state index in [1.807, 2.05) is 31.7 Å². The van der Waals surface area contributed by atoms with Crippen LogP contribution in [0.5, 0.6) is 0 Å². The van der Waals surface area contributed by atoms with E-state index in [4.69, 9.17) is 4.74 Å². The number of likely N-dealkylation sites (tertiary alicyclic amines) is 1. The normalized spacial score (nSPS) is 30.4. The summed E-state index contributed by atoms with van der Waals surface area (Å²) in [5.41, 5.74) is -0.445. The fourth-order valence-corrected chi connectivity index (χ4v) is 8.91. The van der Waals surface area contributed by atoms with E-state index in [2.05, 4.69) is 20.1 Å². The number of nitrogens with zero attached hydrogens (tertiary/aromatic N) is 2. The number of unbranched alkanes of at least 4 members (excludes halogenated alkanes) is 4. The Labute approximate surface area is 227 Å². The molecule has 37 heavy (non-hydrogen) atoms. The van der Waals surface area contributed by atoms with Crippen LogP contribution in [0.3, 0.4) is 0 Å². The second-order valence-corrected chi connectivity index (χ2v) is 13.3. The molecule has 2 bridgehead atoms. The van der Waals surface area contributed by atoms with Gasteiger partial charge in [0.2, 0.25) is 11.8 Å². The Morgan fingerprint density at radius 1 is 1.19 bits per heavy atom. The highest BCUT2D eigenvalue weighted by atomic mass is 32.2. The number of amides is 2. The number of rotatable bonds is 14. The topological polar surface area (TPSA) is 87.1 Å². The van der Waals surface area contributed by atoms with Gasteiger partial charge in [0.1, 0.15) is 6.04 Å². The van der Waals surface area contributed by atoms with E-state index in [1.54, 1.807) is 22.7 Å². The third-order valence-electron chi connectivity index (χ3n) is 8.24. The molecule has 208 valence electrons. The van der Waals surface area contributed by atoms with Crippen molar-refractivity contribution in [2.75, 3.05) is 26.3 Å². The molecule has 1 spiro atoms. The maximum Gasteiger partial charge on any atom is 0.310 e.